The molecule has 0 bridgehead atoms. The van der Waals surface area contributed by atoms with Gasteiger partial charge in [0.1, 0.15) is 5.82 Å². The van der Waals surface area contributed by atoms with Gasteiger partial charge < -0.3 is 5.32 Å². The molecular weight excluding hydrogens is 377 g/mol. The van der Waals surface area contributed by atoms with Crippen molar-refractivity contribution < 1.29 is 17.6 Å². The van der Waals surface area contributed by atoms with Crippen LogP contribution in [0.2, 0.25) is 0 Å². The summed E-state index contributed by atoms with van der Waals surface area (Å²) < 4.78 is 40.0. The third-order valence-corrected chi connectivity index (χ3v) is 7.28. The van der Waals surface area contributed by atoms with Crippen LogP contribution in [0.15, 0.2) is 34.5 Å². The van der Waals surface area contributed by atoms with Gasteiger partial charge in [-0.1, -0.05) is 6.07 Å². The number of thiazole rings is 1. The maximum Gasteiger partial charge on any atom is 0.243 e. The molecule has 0 saturated carbocycles. The van der Waals surface area contributed by atoms with Crippen LogP contribution in [0.3, 0.4) is 0 Å². The quantitative estimate of drug-likeness (QED) is 0.841. The predicted molar refractivity (Wildman–Crippen MR) is 96.8 cm³/mol. The number of hydrogen-bond donors (Lipinski definition) is 1. The average molecular weight is 397 g/mol. The Labute approximate surface area is 156 Å². The summed E-state index contributed by atoms with van der Waals surface area (Å²) in [6, 6.07) is 5.10. The van der Waals surface area contributed by atoms with Crippen molar-refractivity contribution in [1.82, 2.24) is 14.6 Å². The van der Waals surface area contributed by atoms with E-state index < -0.39 is 15.8 Å². The van der Waals surface area contributed by atoms with Crippen molar-refractivity contribution in [1.29, 1.82) is 0 Å². The monoisotopic (exact) mass is 397 g/mol. The van der Waals surface area contributed by atoms with E-state index in [0.717, 1.165) is 16.8 Å². The van der Waals surface area contributed by atoms with Crippen molar-refractivity contribution in [2.24, 2.45) is 0 Å². The summed E-state index contributed by atoms with van der Waals surface area (Å²) >= 11 is 1.53. The molecule has 1 fully saturated rings. The van der Waals surface area contributed by atoms with Crippen molar-refractivity contribution in [3.8, 4) is 0 Å². The van der Waals surface area contributed by atoms with Gasteiger partial charge in [-0.05, 0) is 31.0 Å². The second-order valence-electron chi connectivity index (χ2n) is 6.22. The number of hydrogen-bond acceptors (Lipinski definition) is 5. The number of aromatic nitrogens is 1. The molecule has 1 aromatic heterocycles. The number of piperidine rings is 1. The number of carbonyl (C=O) groups excluding carboxylic acids is 1. The number of nitrogens with zero attached hydrogens (tertiary/aromatic N) is 2. The standard InChI is InChI=1S/C17H20FN3O3S2/c1-12(22)19-10-15-11-25-17(20-15)13-5-7-21(8-6-13)26(23,24)16-4-2-3-14(18)9-16/h2-4,9,11,13H,5-8,10H2,1H3,(H,19,22). The zero-order valence-electron chi connectivity index (χ0n) is 14.3. The number of nitrogens with one attached hydrogen (secondary N) is 1. The molecule has 0 atom stereocenters. The second kappa shape index (κ2) is 7.81. The van der Waals surface area contributed by atoms with Crippen LogP contribution in [-0.2, 0) is 21.4 Å². The lowest BCUT2D eigenvalue weighted by molar-refractivity contribution is -0.119. The Morgan fingerprint density at radius 3 is 2.77 bits per heavy atom. The summed E-state index contributed by atoms with van der Waals surface area (Å²) in [7, 11) is -3.67. The van der Waals surface area contributed by atoms with E-state index in [4.69, 9.17) is 0 Å². The van der Waals surface area contributed by atoms with Crippen molar-refractivity contribution in [3.63, 3.8) is 0 Å². The Kier molecular flexibility index (Phi) is 5.69. The van der Waals surface area contributed by atoms with Crippen LogP contribution in [0, 0.1) is 5.82 Å². The average Bonchev–Trinajstić information content (AvgIpc) is 3.09. The smallest absolute Gasteiger partial charge is 0.243 e. The van der Waals surface area contributed by atoms with Gasteiger partial charge in [-0.3, -0.25) is 4.79 Å². The van der Waals surface area contributed by atoms with E-state index in [0.29, 0.717) is 32.5 Å². The normalized spacial score (nSPS) is 16.5. The van der Waals surface area contributed by atoms with E-state index in [1.54, 1.807) is 0 Å². The van der Waals surface area contributed by atoms with E-state index in [1.165, 1.54) is 40.8 Å². The minimum Gasteiger partial charge on any atom is -0.351 e. The van der Waals surface area contributed by atoms with Gasteiger partial charge in [-0.15, -0.1) is 11.3 Å². The molecule has 1 N–H and O–H groups in total. The van der Waals surface area contributed by atoms with Gasteiger partial charge in [-0.2, -0.15) is 4.31 Å². The third-order valence-electron chi connectivity index (χ3n) is 4.32. The Morgan fingerprint density at radius 1 is 1.38 bits per heavy atom. The van der Waals surface area contributed by atoms with Gasteiger partial charge in [0.05, 0.1) is 22.1 Å². The molecule has 1 aliphatic heterocycles. The van der Waals surface area contributed by atoms with Gasteiger partial charge >= 0.3 is 0 Å². The zero-order chi connectivity index (χ0) is 18.7. The van der Waals surface area contributed by atoms with Crippen LogP contribution in [0.1, 0.15) is 36.4 Å². The SMILES string of the molecule is CC(=O)NCc1csc(C2CCN(S(=O)(=O)c3cccc(F)c3)CC2)n1. The van der Waals surface area contributed by atoms with Gasteiger partial charge in [0.25, 0.3) is 0 Å². The Bertz CT molecular complexity index is 890. The third kappa shape index (κ3) is 4.28. The van der Waals surface area contributed by atoms with E-state index in [1.807, 2.05) is 5.38 Å². The maximum absolute atomic E-state index is 13.3. The topological polar surface area (TPSA) is 79.4 Å². The maximum atomic E-state index is 13.3. The van der Waals surface area contributed by atoms with E-state index >= 15 is 0 Å². The summed E-state index contributed by atoms with van der Waals surface area (Å²) in [4.78, 5) is 15.5. The molecule has 9 heteroatoms. The summed E-state index contributed by atoms with van der Waals surface area (Å²) in [5.74, 6) is -0.462. The number of carbonyl (C=O) groups is 1. The van der Waals surface area contributed by atoms with Gasteiger partial charge in [0.15, 0.2) is 0 Å². The van der Waals surface area contributed by atoms with Crippen LogP contribution in [-0.4, -0.2) is 36.7 Å². The molecule has 0 spiro atoms. The Morgan fingerprint density at radius 2 is 2.12 bits per heavy atom. The minimum absolute atomic E-state index is 0.0113. The van der Waals surface area contributed by atoms with E-state index in [9.17, 15) is 17.6 Å². The number of rotatable bonds is 5. The zero-order valence-corrected chi connectivity index (χ0v) is 15.9. The number of halogens is 1. The number of sulfonamides is 1. The fourth-order valence-electron chi connectivity index (χ4n) is 2.93. The van der Waals surface area contributed by atoms with E-state index in [2.05, 4.69) is 10.3 Å². The largest absolute Gasteiger partial charge is 0.351 e. The fourth-order valence-corrected chi connectivity index (χ4v) is 5.42. The first-order valence-electron chi connectivity index (χ1n) is 8.30. The highest BCUT2D eigenvalue weighted by atomic mass is 32.2. The first kappa shape index (κ1) is 18.9. The molecule has 1 aliphatic rings. The molecule has 0 radical (unpaired) electrons. The molecular formula is C17H20FN3O3S2. The molecule has 1 saturated heterocycles. The van der Waals surface area contributed by atoms with Gasteiger partial charge in [0.2, 0.25) is 15.9 Å². The Hall–Kier alpha value is -1.84. The number of amides is 1. The minimum atomic E-state index is -3.67. The first-order valence-corrected chi connectivity index (χ1v) is 10.6. The van der Waals surface area contributed by atoms with Crippen molar-refractivity contribution in [2.75, 3.05) is 13.1 Å². The highest BCUT2D eigenvalue weighted by Crippen LogP contribution is 2.32. The molecule has 0 unspecified atom stereocenters. The van der Waals surface area contributed by atoms with Crippen LogP contribution in [0.4, 0.5) is 4.39 Å². The summed E-state index contributed by atoms with van der Waals surface area (Å²) in [6.07, 6.45) is 1.34. The van der Waals surface area contributed by atoms with Crippen LogP contribution < -0.4 is 5.32 Å². The molecule has 1 aromatic carbocycles. The van der Waals surface area contributed by atoms with Gasteiger partial charge in [-0.25, -0.2) is 17.8 Å². The molecule has 1 amide bonds. The molecule has 2 aromatic rings. The van der Waals surface area contributed by atoms with Crippen LogP contribution >= 0.6 is 11.3 Å². The molecule has 26 heavy (non-hydrogen) atoms. The molecule has 0 aliphatic carbocycles. The van der Waals surface area contributed by atoms with Crippen LogP contribution in [0.25, 0.3) is 0 Å². The van der Waals surface area contributed by atoms with Crippen molar-refractivity contribution >= 4 is 27.3 Å². The lowest BCUT2D eigenvalue weighted by Gasteiger charge is -2.30. The highest BCUT2D eigenvalue weighted by Gasteiger charge is 2.31. The van der Waals surface area contributed by atoms with Crippen molar-refractivity contribution in [2.45, 2.75) is 37.1 Å². The predicted octanol–water partition coefficient (Wildman–Crippen LogP) is 2.49. The first-order chi connectivity index (χ1) is 12.4. The lowest BCUT2D eigenvalue weighted by atomic mass is 9.99. The van der Waals surface area contributed by atoms with Crippen LogP contribution in [0.5, 0.6) is 0 Å². The Balaban J connectivity index is 1.63. The molecule has 2 heterocycles. The molecule has 140 valence electrons. The van der Waals surface area contributed by atoms with Crippen molar-refractivity contribution in [3.05, 3.63) is 46.2 Å². The summed E-state index contributed by atoms with van der Waals surface area (Å²) in [5.41, 5.74) is 0.815. The molecule has 3 rings (SSSR count). The second-order valence-corrected chi connectivity index (χ2v) is 9.05. The van der Waals surface area contributed by atoms with Gasteiger partial charge in [0, 0.05) is 31.3 Å². The van der Waals surface area contributed by atoms with E-state index in [-0.39, 0.29) is 16.7 Å². The summed E-state index contributed by atoms with van der Waals surface area (Å²) in [5, 5.41) is 5.60. The summed E-state index contributed by atoms with van der Waals surface area (Å²) in [6.45, 7) is 2.62. The lowest BCUT2D eigenvalue weighted by Crippen LogP contribution is -2.37. The molecule has 6 nitrogen and oxygen atoms in total. The fraction of sp³-hybridized carbons (Fsp3) is 0.412. The number of benzene rings is 1. The highest BCUT2D eigenvalue weighted by molar-refractivity contribution is 7.89.